The lowest BCUT2D eigenvalue weighted by molar-refractivity contribution is -0.109. The van der Waals surface area contributed by atoms with Crippen molar-refractivity contribution < 1.29 is 9.59 Å². The topological polar surface area (TPSA) is 86.2 Å². The first-order valence-corrected chi connectivity index (χ1v) is 11.8. The highest BCUT2D eigenvalue weighted by Crippen LogP contribution is 2.29. The Hall–Kier alpha value is -3.68. The molecule has 178 valence electrons. The zero-order valence-corrected chi connectivity index (χ0v) is 20.2. The van der Waals surface area contributed by atoms with Gasteiger partial charge in [0.15, 0.2) is 0 Å². The molecule has 9 heteroatoms. The molecule has 1 heterocycles. The minimum Gasteiger partial charge on any atom is -0.357 e. The van der Waals surface area contributed by atoms with Crippen molar-refractivity contribution in [1.29, 1.82) is 0 Å². The Bertz CT molecular complexity index is 1230. The minimum absolute atomic E-state index is 0.0527. The molecule has 1 aliphatic heterocycles. The normalized spacial score (nSPS) is 15.5. The standard InChI is InChI=1S/C26H23Cl2N5O2/c27-21-10-6-19(7-11-21)24-23(18-4-2-1-3-5-18)16-33(32-24)26(30-15-14-29-17-34)31-25(35)20-8-12-22(28)13-9-20/h1-13,17,23H,14-16H2,(H,29,34)(H,30,31,35). The summed E-state index contributed by atoms with van der Waals surface area (Å²) in [6, 6.07) is 24.1. The molecule has 0 saturated heterocycles. The van der Waals surface area contributed by atoms with Gasteiger partial charge in [-0.2, -0.15) is 10.1 Å². The predicted molar refractivity (Wildman–Crippen MR) is 139 cm³/mol. The van der Waals surface area contributed by atoms with Gasteiger partial charge in [-0.1, -0.05) is 65.7 Å². The number of nitrogens with one attached hydrogen (secondary N) is 2. The van der Waals surface area contributed by atoms with E-state index in [0.29, 0.717) is 47.6 Å². The van der Waals surface area contributed by atoms with E-state index in [0.717, 1.165) is 16.8 Å². The molecule has 1 atom stereocenters. The number of aliphatic imine (C=N–C) groups is 1. The number of guanidine groups is 1. The number of halogens is 2. The first-order chi connectivity index (χ1) is 17.0. The molecule has 0 saturated carbocycles. The van der Waals surface area contributed by atoms with Gasteiger partial charge in [-0.05, 0) is 47.5 Å². The van der Waals surface area contributed by atoms with Crippen molar-refractivity contribution in [2.75, 3.05) is 19.6 Å². The molecule has 0 aromatic heterocycles. The Morgan fingerprint density at radius 3 is 2.29 bits per heavy atom. The van der Waals surface area contributed by atoms with E-state index in [-0.39, 0.29) is 5.92 Å². The Morgan fingerprint density at radius 1 is 0.971 bits per heavy atom. The molecule has 2 amide bonds. The van der Waals surface area contributed by atoms with Crippen molar-refractivity contribution in [2.45, 2.75) is 5.92 Å². The van der Waals surface area contributed by atoms with Gasteiger partial charge in [0.25, 0.3) is 5.91 Å². The molecule has 4 rings (SSSR count). The molecule has 0 aliphatic carbocycles. The number of carbonyl (C=O) groups excluding carboxylic acids is 2. The van der Waals surface area contributed by atoms with Crippen molar-refractivity contribution in [2.24, 2.45) is 10.1 Å². The minimum atomic E-state index is -0.432. The monoisotopic (exact) mass is 507 g/mol. The molecule has 0 radical (unpaired) electrons. The molecule has 1 aliphatic rings. The SMILES string of the molecule is O=CNCCN/C(=N\C(=O)c1ccc(Cl)cc1)N1CC(c2ccccc2)C(c2ccc(Cl)cc2)=N1. The average Bonchev–Trinajstić information content (AvgIpc) is 3.32. The summed E-state index contributed by atoms with van der Waals surface area (Å²) in [7, 11) is 0. The van der Waals surface area contributed by atoms with Crippen LogP contribution in [-0.2, 0) is 4.79 Å². The highest BCUT2D eigenvalue weighted by Gasteiger charge is 2.31. The summed E-state index contributed by atoms with van der Waals surface area (Å²) < 4.78 is 0. The fourth-order valence-electron chi connectivity index (χ4n) is 3.71. The summed E-state index contributed by atoms with van der Waals surface area (Å²) in [6.07, 6.45) is 0.620. The van der Waals surface area contributed by atoms with Gasteiger partial charge >= 0.3 is 0 Å². The maximum Gasteiger partial charge on any atom is 0.280 e. The van der Waals surface area contributed by atoms with E-state index in [1.165, 1.54) is 0 Å². The van der Waals surface area contributed by atoms with E-state index >= 15 is 0 Å². The fraction of sp³-hybridized carbons (Fsp3) is 0.154. The largest absolute Gasteiger partial charge is 0.357 e. The van der Waals surface area contributed by atoms with Gasteiger partial charge in [0.1, 0.15) is 0 Å². The van der Waals surface area contributed by atoms with Crippen LogP contribution in [0.2, 0.25) is 10.0 Å². The number of hydrazone groups is 1. The van der Waals surface area contributed by atoms with Crippen molar-refractivity contribution in [3.8, 4) is 0 Å². The molecular weight excluding hydrogens is 485 g/mol. The molecule has 0 spiro atoms. The second kappa shape index (κ2) is 11.6. The first-order valence-electron chi connectivity index (χ1n) is 11.0. The van der Waals surface area contributed by atoms with E-state index in [9.17, 15) is 9.59 Å². The number of benzene rings is 3. The molecule has 35 heavy (non-hydrogen) atoms. The smallest absolute Gasteiger partial charge is 0.280 e. The van der Waals surface area contributed by atoms with Crippen LogP contribution in [0.25, 0.3) is 0 Å². The third-order valence-corrected chi connectivity index (χ3v) is 5.94. The van der Waals surface area contributed by atoms with Gasteiger partial charge in [0.05, 0.1) is 12.3 Å². The van der Waals surface area contributed by atoms with Crippen LogP contribution in [0.1, 0.15) is 27.4 Å². The molecule has 3 aromatic rings. The van der Waals surface area contributed by atoms with E-state index in [1.54, 1.807) is 29.3 Å². The lowest BCUT2D eigenvalue weighted by Crippen LogP contribution is -2.41. The van der Waals surface area contributed by atoms with Crippen LogP contribution in [0.15, 0.2) is 89.0 Å². The van der Waals surface area contributed by atoms with Crippen LogP contribution in [0.3, 0.4) is 0 Å². The third kappa shape index (κ3) is 6.26. The number of hydrogen-bond acceptors (Lipinski definition) is 3. The van der Waals surface area contributed by atoms with Gasteiger partial charge in [-0.25, -0.2) is 5.01 Å². The van der Waals surface area contributed by atoms with Gasteiger partial charge in [-0.15, -0.1) is 0 Å². The summed E-state index contributed by atoms with van der Waals surface area (Å²) in [4.78, 5) is 27.9. The zero-order chi connectivity index (χ0) is 24.6. The number of nitrogens with zero attached hydrogens (tertiary/aromatic N) is 3. The maximum atomic E-state index is 12.9. The molecule has 2 N–H and O–H groups in total. The van der Waals surface area contributed by atoms with E-state index < -0.39 is 5.91 Å². The third-order valence-electron chi connectivity index (χ3n) is 5.43. The summed E-state index contributed by atoms with van der Waals surface area (Å²) >= 11 is 12.1. The summed E-state index contributed by atoms with van der Waals surface area (Å²) in [6.45, 7) is 1.20. The maximum absolute atomic E-state index is 12.9. The van der Waals surface area contributed by atoms with Crippen molar-refractivity contribution in [1.82, 2.24) is 15.6 Å². The lowest BCUT2D eigenvalue weighted by Gasteiger charge is -2.19. The lowest BCUT2D eigenvalue weighted by atomic mass is 9.91. The Labute approximate surface area is 213 Å². The quantitative estimate of drug-likeness (QED) is 0.215. The highest BCUT2D eigenvalue weighted by atomic mass is 35.5. The van der Waals surface area contributed by atoms with Crippen molar-refractivity contribution in [3.63, 3.8) is 0 Å². The van der Waals surface area contributed by atoms with Gasteiger partial charge < -0.3 is 10.6 Å². The van der Waals surface area contributed by atoms with Crippen LogP contribution >= 0.6 is 23.2 Å². The summed E-state index contributed by atoms with van der Waals surface area (Å²) in [5.41, 5.74) is 3.26. The fourth-order valence-corrected chi connectivity index (χ4v) is 3.96. The predicted octanol–water partition coefficient (Wildman–Crippen LogP) is 4.33. The van der Waals surface area contributed by atoms with Gasteiger partial charge in [-0.3, -0.25) is 9.59 Å². The Morgan fingerprint density at radius 2 is 1.63 bits per heavy atom. The zero-order valence-electron chi connectivity index (χ0n) is 18.7. The molecule has 0 fully saturated rings. The molecule has 1 unspecified atom stereocenters. The first kappa shape index (κ1) is 24.4. The summed E-state index contributed by atoms with van der Waals surface area (Å²) in [5.74, 6) is -0.190. The Balaban J connectivity index is 1.69. The van der Waals surface area contributed by atoms with E-state index in [2.05, 4.69) is 27.8 Å². The number of hydrogen-bond donors (Lipinski definition) is 2. The van der Waals surface area contributed by atoms with Crippen molar-refractivity contribution in [3.05, 3.63) is 106 Å². The molecular formula is C26H23Cl2N5O2. The molecule has 7 nitrogen and oxygen atoms in total. The second-order valence-electron chi connectivity index (χ2n) is 7.78. The second-order valence-corrected chi connectivity index (χ2v) is 8.66. The van der Waals surface area contributed by atoms with Gasteiger partial charge in [0, 0.05) is 34.6 Å². The average molecular weight is 508 g/mol. The van der Waals surface area contributed by atoms with Crippen LogP contribution in [0.5, 0.6) is 0 Å². The van der Waals surface area contributed by atoms with E-state index in [4.69, 9.17) is 28.3 Å². The van der Waals surface area contributed by atoms with Crippen LogP contribution < -0.4 is 10.6 Å². The highest BCUT2D eigenvalue weighted by molar-refractivity contribution is 6.31. The number of rotatable bonds is 7. The van der Waals surface area contributed by atoms with Crippen LogP contribution in [0.4, 0.5) is 0 Å². The Kier molecular flexibility index (Phi) is 8.13. The van der Waals surface area contributed by atoms with E-state index in [1.807, 2.05) is 42.5 Å². The van der Waals surface area contributed by atoms with Crippen LogP contribution in [0, 0.1) is 0 Å². The molecule has 0 bridgehead atoms. The molecule has 3 aromatic carbocycles. The summed E-state index contributed by atoms with van der Waals surface area (Å²) in [5, 5.41) is 13.5. The van der Waals surface area contributed by atoms with Crippen molar-refractivity contribution >= 4 is 47.2 Å². The van der Waals surface area contributed by atoms with Crippen LogP contribution in [-0.4, -0.2) is 48.6 Å². The number of carbonyl (C=O) groups is 2. The number of amides is 2. The van der Waals surface area contributed by atoms with Gasteiger partial charge in [0.2, 0.25) is 12.4 Å².